The summed E-state index contributed by atoms with van der Waals surface area (Å²) >= 11 is 0. The predicted molar refractivity (Wildman–Crippen MR) is 353 cm³/mol. The molecule has 2 unspecified atom stereocenters. The van der Waals surface area contributed by atoms with Gasteiger partial charge in [0.25, 0.3) is 0 Å². The fourth-order valence-electron chi connectivity index (χ4n) is 11.9. The molecule has 3 fully saturated rings. The van der Waals surface area contributed by atoms with E-state index in [2.05, 4.69) is 22.6 Å². The summed E-state index contributed by atoms with van der Waals surface area (Å²) in [6.07, 6.45) is 2.71. The number of nitrogens with one attached hydrogen (secondary N) is 3. The fraction of sp³-hybridized carbons (Fsp3) is 0.738. The van der Waals surface area contributed by atoms with Crippen LogP contribution in [-0.2, 0) is 89.7 Å². The third-order valence-corrected chi connectivity index (χ3v) is 16.7. The Labute approximate surface area is 699 Å². The molecule has 0 aromatic heterocycles. The molecule has 17 N–H and O–H groups in total. The van der Waals surface area contributed by atoms with Crippen LogP contribution in [0.15, 0.2) is 12.3 Å². The molecule has 2 heterocycles. The number of nitrogens with zero attached hydrogens (tertiary/aromatic N) is 11. The average molecular weight is 1880 g/mol. The number of hydrogen-bond donors (Lipinski definition) is 9. The number of amides is 3. The maximum atomic E-state index is 12.3. The Morgan fingerprint density at radius 1 is 0.472 bits per heavy atom. The van der Waals surface area contributed by atoms with Crippen molar-refractivity contribution in [2.75, 3.05) is 198 Å². The zero-order valence-electron chi connectivity index (χ0n) is 60.7. The molecular formula is C61H107Gd2MnN15O29+2. The number of hydrazine groups is 1. The maximum absolute atomic E-state index is 12.3. The van der Waals surface area contributed by atoms with Crippen molar-refractivity contribution >= 4 is 83.4 Å². The first-order valence-corrected chi connectivity index (χ1v) is 33.1. The van der Waals surface area contributed by atoms with Crippen LogP contribution < -0.4 is 57.5 Å². The van der Waals surface area contributed by atoms with Crippen molar-refractivity contribution in [3.8, 4) is 0 Å². The van der Waals surface area contributed by atoms with Crippen LogP contribution in [0.2, 0.25) is 0 Å². The van der Waals surface area contributed by atoms with E-state index in [0.717, 1.165) is 0 Å². The standard InChI is InChI=1S/C21H38N6O9.C20H35N5O9.C20H34N4O8.2Gd.Mn.3H2O/c1-23(2)22-17(28)4-3-16(21(35)36)27-11-9-25(14-19(31)32)7-5-24(13-18(29)30)6-8-26(10-12-27)15-20(33)34;1-21-16(26)3-2-15(20(33)34)25-10-8-23(13-18(29)30)6-4-22(12-17(27)28)5-7-24(9-11-25)14-19(31)32;1-13(25)14(7-4-8-22-17(26)9-21)24(12-20(31)32)16-6-3-2-5-15(16)23(10-18(27)28)11-19(29)30;;;;;;/h16H,3-15H2,1-2H3,(H,22,28)(H,29,30)(H,31,32)(H,33,34)(H,35,36);15H,2-14H2,1H3,(H,21,26)(H,27,28)(H,29,30)(H,31,32)(H,33,34);14-16,25H,1-12,21H2,(H,22,26)(H,27,28)(H,29,30)(H,31,32);;;;3*1H2/q;;;2*+3;+2;;;/p-6/t16-;15-;14-,15?,16?;;;;;;/m110....../s1. The predicted octanol–water partition coefficient (Wildman–Crippen LogP) is -17.6. The third-order valence-electron chi connectivity index (χ3n) is 16.7. The molecule has 1 saturated carbocycles. The second-order valence-electron chi connectivity index (χ2n) is 24.7. The van der Waals surface area contributed by atoms with E-state index in [-0.39, 0.29) is 294 Å². The molecule has 47 heteroatoms. The van der Waals surface area contributed by atoms with Gasteiger partial charge in [-0.15, -0.1) is 12.3 Å². The van der Waals surface area contributed by atoms with Crippen molar-refractivity contribution in [1.82, 2.24) is 70.1 Å². The molecule has 108 heavy (non-hydrogen) atoms. The molecule has 0 spiro atoms. The fourth-order valence-corrected chi connectivity index (χ4v) is 11.9. The average Bonchev–Trinajstić information content (AvgIpc) is 0.804. The van der Waals surface area contributed by atoms with Crippen molar-refractivity contribution in [1.29, 1.82) is 0 Å². The minimum Gasteiger partial charge on any atom is -0.875 e. The molecule has 3 radical (unpaired) electrons. The van der Waals surface area contributed by atoms with Gasteiger partial charge in [-0.1, -0.05) is 12.8 Å². The van der Waals surface area contributed by atoms with Gasteiger partial charge in [0.15, 0.2) is 0 Å². The second-order valence-corrected chi connectivity index (χ2v) is 24.7. The summed E-state index contributed by atoms with van der Waals surface area (Å²) in [7, 11) is 4.69. The number of carboxylic acids is 11. The van der Waals surface area contributed by atoms with Gasteiger partial charge in [0.1, 0.15) is 12.1 Å². The van der Waals surface area contributed by atoms with Gasteiger partial charge in [0, 0.05) is 203 Å². The van der Waals surface area contributed by atoms with Gasteiger partial charge >= 0.3 is 127 Å². The summed E-state index contributed by atoms with van der Waals surface area (Å²) in [4.78, 5) is 176. The summed E-state index contributed by atoms with van der Waals surface area (Å²) in [5.41, 5.74) is 7.77. The number of carbonyl (C=O) groups excluding carboxylic acids is 9. The molecule has 3 amide bonds. The molecule has 0 aromatic carbocycles. The van der Waals surface area contributed by atoms with E-state index < -0.39 is 147 Å². The Bertz CT molecular complexity index is 2690. The minimum absolute atomic E-state index is 0. The third kappa shape index (κ3) is 52.0. The molecule has 0 bridgehead atoms. The van der Waals surface area contributed by atoms with Crippen LogP contribution in [0.5, 0.6) is 0 Å². The number of nitrogens with two attached hydrogens (primary N) is 1. The van der Waals surface area contributed by atoms with E-state index in [1.807, 2.05) is 0 Å². The van der Waals surface area contributed by atoms with Gasteiger partial charge in [-0.2, -0.15) is 0 Å². The monoisotopic (exact) mass is 1880 g/mol. The molecule has 44 nitrogen and oxygen atoms in total. The van der Waals surface area contributed by atoms with Gasteiger partial charge < -0.3 is 123 Å². The van der Waals surface area contributed by atoms with Crippen molar-refractivity contribution in [3.05, 3.63) is 12.3 Å². The van der Waals surface area contributed by atoms with Gasteiger partial charge in [-0.25, -0.2) is 5.01 Å². The van der Waals surface area contributed by atoms with E-state index in [4.69, 9.17) is 5.73 Å². The smallest absolute Gasteiger partial charge is 0.875 e. The van der Waals surface area contributed by atoms with Crippen molar-refractivity contribution in [2.24, 2.45) is 5.73 Å². The number of carboxylic acid groups (broad SMARTS) is 11. The molecule has 3 aliphatic rings. The Kier molecular flexibility index (Phi) is 66.5. The van der Waals surface area contributed by atoms with Gasteiger partial charge in [0.05, 0.1) is 62.0 Å². The molecule has 3 rings (SSSR count). The number of carbonyl (C=O) groups is 14. The zero-order chi connectivity index (χ0) is 77.2. The topological polar surface area (TPSA) is 695 Å². The Morgan fingerprint density at radius 3 is 1.09 bits per heavy atom. The van der Waals surface area contributed by atoms with Crippen LogP contribution in [-0.4, -0.2) is 402 Å². The summed E-state index contributed by atoms with van der Waals surface area (Å²) in [6, 6.07) is -4.24. The van der Waals surface area contributed by atoms with E-state index >= 15 is 0 Å². The Hall–Kier alpha value is -5.31. The summed E-state index contributed by atoms with van der Waals surface area (Å²) < 4.78 is 0. The summed E-state index contributed by atoms with van der Waals surface area (Å²) in [6.45, 7) is 2.03. The van der Waals surface area contributed by atoms with E-state index in [0.29, 0.717) is 32.1 Å². The van der Waals surface area contributed by atoms with Crippen molar-refractivity contribution < 1.29 is 242 Å². The Morgan fingerprint density at radius 2 is 0.806 bits per heavy atom. The van der Waals surface area contributed by atoms with Crippen molar-refractivity contribution in [3.63, 3.8) is 0 Å². The van der Waals surface area contributed by atoms with Crippen LogP contribution >= 0.6 is 0 Å². The maximum Gasteiger partial charge on any atom is 3.00 e. The van der Waals surface area contributed by atoms with Crippen LogP contribution in [0, 0.1) is 79.9 Å². The molecule has 5 atom stereocenters. The zero-order valence-corrected chi connectivity index (χ0v) is 66.4. The van der Waals surface area contributed by atoms with Crippen LogP contribution in [0.25, 0.3) is 0 Å². The largest absolute Gasteiger partial charge is 3.00 e. The SMILES string of the molecule is C=C([O-])[C@H](CCCNC(=O)CN)N(CC(=O)[O-])C1CCCCC1N(CC(=O)[O-])CC(=O)O.CN(C)NC(=O)CC[C@H](C(=O)O)N1CCN(CC(=O)[O-])CCN(CC(=O)[O-])CCN(CC(=O)O)CC1.CNC(=O)CC[C@H](C(=O)O)N1CCN(CC(=O)[O-])CCN(CC(=O)[O-])CCN(CC(=O)O)CC1.O.O.[Gd+3].[Gd+3].[Mn+2].[OH3+]. The van der Waals surface area contributed by atoms with Gasteiger partial charge in [-0.3, -0.25) is 92.8 Å². The van der Waals surface area contributed by atoms with Crippen molar-refractivity contribution in [2.45, 2.75) is 94.4 Å². The first-order chi connectivity index (χ1) is 47.9. The summed E-state index contributed by atoms with van der Waals surface area (Å²) in [5, 5.41) is 134. The quantitative estimate of drug-likeness (QED) is 0.00911. The molecule has 0 aromatic rings. The number of hydrogen-bond acceptors (Lipinski definition) is 33. The van der Waals surface area contributed by atoms with E-state index in [1.54, 1.807) is 33.7 Å². The van der Waals surface area contributed by atoms with Crippen LogP contribution in [0.3, 0.4) is 0 Å². The minimum atomic E-state index is -1.46. The molecular weight excluding hydrogens is 1780 g/mol. The van der Waals surface area contributed by atoms with Crippen LogP contribution in [0.4, 0.5) is 0 Å². The number of aliphatic carboxylic acids is 11. The van der Waals surface area contributed by atoms with Gasteiger partial charge in [-0.05, 0) is 38.5 Å². The number of rotatable bonds is 38. The Balaban J connectivity index is -0.000000352. The first kappa shape index (κ1) is 114. The summed E-state index contributed by atoms with van der Waals surface area (Å²) in [5.74, 6) is -15.5. The van der Waals surface area contributed by atoms with Gasteiger partial charge in [0.2, 0.25) is 17.7 Å². The molecule has 621 valence electrons. The molecule has 2 aliphatic heterocycles. The van der Waals surface area contributed by atoms with E-state index in [1.165, 1.54) is 41.5 Å². The normalized spacial score (nSPS) is 17.9. The van der Waals surface area contributed by atoms with E-state index in [9.17, 15) is 128 Å². The second kappa shape index (κ2) is 63.2. The molecule has 2 saturated heterocycles. The van der Waals surface area contributed by atoms with Crippen LogP contribution in [0.1, 0.15) is 64.2 Å². The first-order valence-electron chi connectivity index (χ1n) is 33.1. The molecule has 1 aliphatic carbocycles.